The number of benzene rings is 1. The number of rotatable bonds is 10. The number of carbonyl (C=O) groups is 1. The number of amides is 1. The number of carbonyl (C=O) groups excluding carboxylic acids is 1. The molecule has 2 aromatic rings. The number of nitrogens with one attached hydrogen (secondary N) is 2. The first-order valence-corrected chi connectivity index (χ1v) is 7.81. The van der Waals surface area contributed by atoms with Crippen LogP contribution in [0.15, 0.2) is 42.6 Å². The van der Waals surface area contributed by atoms with Crippen molar-refractivity contribution in [3.8, 4) is 5.88 Å². The molecule has 0 spiro atoms. The van der Waals surface area contributed by atoms with Crippen LogP contribution in [-0.4, -0.2) is 36.2 Å². The van der Waals surface area contributed by atoms with E-state index in [1.807, 2.05) is 18.2 Å². The van der Waals surface area contributed by atoms with E-state index in [4.69, 9.17) is 9.47 Å². The molecule has 1 heterocycles. The van der Waals surface area contributed by atoms with E-state index in [-0.39, 0.29) is 11.9 Å². The Morgan fingerprint density at radius 2 is 2.00 bits per heavy atom. The first-order chi connectivity index (χ1) is 11.8. The lowest BCUT2D eigenvalue weighted by atomic mass is 10.2. The van der Waals surface area contributed by atoms with Crippen molar-refractivity contribution in [3.05, 3.63) is 48.2 Å². The maximum absolute atomic E-state index is 11.7. The summed E-state index contributed by atoms with van der Waals surface area (Å²) in [5.74, 6) is 0.559. The zero-order valence-corrected chi connectivity index (χ0v) is 13.7. The Morgan fingerprint density at radius 1 is 1.17 bits per heavy atom. The number of ether oxygens (including phenoxy) is 2. The zero-order chi connectivity index (χ0) is 17.0. The Kier molecular flexibility index (Phi) is 7.49. The van der Waals surface area contributed by atoms with Crippen molar-refractivity contribution in [3.63, 3.8) is 0 Å². The summed E-state index contributed by atoms with van der Waals surface area (Å²) in [7, 11) is 1.52. The van der Waals surface area contributed by atoms with E-state index in [0.717, 1.165) is 6.42 Å². The van der Waals surface area contributed by atoms with Crippen LogP contribution in [0.4, 0.5) is 5.95 Å². The number of methoxy groups -OCH3 is 1. The third-order valence-corrected chi connectivity index (χ3v) is 3.22. The summed E-state index contributed by atoms with van der Waals surface area (Å²) in [5, 5.41) is 0. The van der Waals surface area contributed by atoms with Gasteiger partial charge < -0.3 is 9.47 Å². The van der Waals surface area contributed by atoms with Gasteiger partial charge in [0.2, 0.25) is 17.7 Å². The first-order valence-electron chi connectivity index (χ1n) is 7.81. The van der Waals surface area contributed by atoms with Crippen LogP contribution in [0.5, 0.6) is 5.88 Å². The van der Waals surface area contributed by atoms with Crippen molar-refractivity contribution in [1.29, 1.82) is 0 Å². The van der Waals surface area contributed by atoms with E-state index < -0.39 is 0 Å². The van der Waals surface area contributed by atoms with Crippen molar-refractivity contribution >= 4 is 11.9 Å². The third-order valence-electron chi connectivity index (χ3n) is 3.22. The van der Waals surface area contributed by atoms with Crippen LogP contribution in [0.1, 0.15) is 18.4 Å². The van der Waals surface area contributed by atoms with Crippen molar-refractivity contribution in [1.82, 2.24) is 15.4 Å². The molecule has 1 aromatic carbocycles. The van der Waals surface area contributed by atoms with E-state index in [2.05, 4.69) is 33.0 Å². The van der Waals surface area contributed by atoms with Gasteiger partial charge in [-0.2, -0.15) is 4.98 Å². The molecular weight excluding hydrogens is 308 g/mol. The molecule has 0 fully saturated rings. The summed E-state index contributed by atoms with van der Waals surface area (Å²) in [6, 6.07) is 11.8. The second-order valence-electron chi connectivity index (χ2n) is 5.05. The van der Waals surface area contributed by atoms with Crippen LogP contribution in [0, 0.1) is 0 Å². The van der Waals surface area contributed by atoms with E-state index in [9.17, 15) is 4.79 Å². The highest BCUT2D eigenvalue weighted by Gasteiger charge is 2.03. The second kappa shape index (κ2) is 10.2. The lowest BCUT2D eigenvalue weighted by Crippen LogP contribution is -2.30. The van der Waals surface area contributed by atoms with Crippen molar-refractivity contribution < 1.29 is 14.3 Å². The summed E-state index contributed by atoms with van der Waals surface area (Å²) in [6.45, 7) is 1.21. The molecule has 0 radical (unpaired) electrons. The van der Waals surface area contributed by atoms with Gasteiger partial charge in [0.05, 0.1) is 13.7 Å². The van der Waals surface area contributed by atoms with Gasteiger partial charge in [0.15, 0.2) is 0 Å². The van der Waals surface area contributed by atoms with Crippen LogP contribution < -0.4 is 15.6 Å². The summed E-state index contributed by atoms with van der Waals surface area (Å²) in [6.07, 6.45) is 3.44. The molecule has 7 heteroatoms. The zero-order valence-electron chi connectivity index (χ0n) is 13.7. The Labute approximate surface area is 141 Å². The number of anilines is 1. The summed E-state index contributed by atoms with van der Waals surface area (Å²) < 4.78 is 10.5. The van der Waals surface area contributed by atoms with Gasteiger partial charge in [-0.25, -0.2) is 4.98 Å². The van der Waals surface area contributed by atoms with Gasteiger partial charge >= 0.3 is 0 Å². The third kappa shape index (κ3) is 6.62. The van der Waals surface area contributed by atoms with E-state index in [0.29, 0.717) is 31.9 Å². The molecule has 7 nitrogen and oxygen atoms in total. The molecule has 0 aliphatic heterocycles. The van der Waals surface area contributed by atoms with Crippen LogP contribution >= 0.6 is 0 Å². The van der Waals surface area contributed by atoms with Gasteiger partial charge in [0.1, 0.15) is 0 Å². The monoisotopic (exact) mass is 330 g/mol. The average molecular weight is 330 g/mol. The first kappa shape index (κ1) is 17.7. The lowest BCUT2D eigenvalue weighted by molar-refractivity contribution is -0.120. The molecule has 0 saturated carbocycles. The molecule has 0 atom stereocenters. The summed E-state index contributed by atoms with van der Waals surface area (Å²) in [5.41, 5.74) is 6.44. The average Bonchev–Trinajstić information content (AvgIpc) is 2.64. The SMILES string of the molecule is COc1ccnc(NNC(=O)CCCOCCc2ccccc2)n1. The molecule has 0 aliphatic carbocycles. The fraction of sp³-hybridized carbons (Fsp3) is 0.353. The van der Waals surface area contributed by atoms with Gasteiger partial charge in [-0.3, -0.25) is 15.6 Å². The van der Waals surface area contributed by atoms with Gasteiger partial charge in [0.25, 0.3) is 0 Å². The van der Waals surface area contributed by atoms with Crippen LogP contribution in [0.25, 0.3) is 0 Å². The summed E-state index contributed by atoms with van der Waals surface area (Å²) >= 11 is 0. The van der Waals surface area contributed by atoms with Gasteiger partial charge in [0, 0.05) is 25.3 Å². The van der Waals surface area contributed by atoms with Crippen molar-refractivity contribution in [2.75, 3.05) is 25.7 Å². The maximum atomic E-state index is 11.7. The number of hydrogen-bond donors (Lipinski definition) is 2. The quantitative estimate of drug-likeness (QED) is 0.512. The minimum Gasteiger partial charge on any atom is -0.481 e. The molecule has 1 aromatic heterocycles. The van der Waals surface area contributed by atoms with E-state index in [1.165, 1.54) is 12.7 Å². The molecule has 2 rings (SSSR count). The van der Waals surface area contributed by atoms with Crippen LogP contribution in [0.3, 0.4) is 0 Å². The topological polar surface area (TPSA) is 85.4 Å². The standard InChI is InChI=1S/C17H22N4O3/c1-23-16-9-11-18-17(19-16)21-20-15(22)8-5-12-24-13-10-14-6-3-2-4-7-14/h2-4,6-7,9,11H,5,8,10,12-13H2,1H3,(H,20,22)(H,18,19,21). The van der Waals surface area contributed by atoms with E-state index >= 15 is 0 Å². The molecule has 24 heavy (non-hydrogen) atoms. The van der Waals surface area contributed by atoms with Crippen LogP contribution in [0.2, 0.25) is 0 Å². The minimum absolute atomic E-state index is 0.145. The van der Waals surface area contributed by atoms with Crippen molar-refractivity contribution in [2.24, 2.45) is 0 Å². The highest BCUT2D eigenvalue weighted by Crippen LogP contribution is 2.06. The molecule has 0 bridgehead atoms. The largest absolute Gasteiger partial charge is 0.481 e. The highest BCUT2D eigenvalue weighted by molar-refractivity contribution is 5.76. The summed E-state index contributed by atoms with van der Waals surface area (Å²) in [4.78, 5) is 19.7. The number of hydrazine groups is 1. The molecule has 0 saturated heterocycles. The van der Waals surface area contributed by atoms with Crippen LogP contribution in [-0.2, 0) is 16.0 Å². The van der Waals surface area contributed by atoms with E-state index in [1.54, 1.807) is 12.3 Å². The molecular formula is C17H22N4O3. The lowest BCUT2D eigenvalue weighted by Gasteiger charge is -2.08. The predicted molar refractivity (Wildman–Crippen MR) is 90.5 cm³/mol. The molecule has 1 amide bonds. The fourth-order valence-corrected chi connectivity index (χ4v) is 1.98. The molecule has 128 valence electrons. The minimum atomic E-state index is -0.145. The van der Waals surface area contributed by atoms with Gasteiger partial charge in [-0.05, 0) is 18.4 Å². The Balaban J connectivity index is 1.53. The maximum Gasteiger partial charge on any atom is 0.245 e. The number of aromatic nitrogens is 2. The normalized spacial score (nSPS) is 10.2. The highest BCUT2D eigenvalue weighted by atomic mass is 16.5. The Morgan fingerprint density at radius 3 is 2.79 bits per heavy atom. The Hall–Kier alpha value is -2.67. The Bertz CT molecular complexity index is 622. The second-order valence-corrected chi connectivity index (χ2v) is 5.05. The molecule has 2 N–H and O–H groups in total. The number of nitrogens with zero attached hydrogens (tertiary/aromatic N) is 2. The number of hydrogen-bond acceptors (Lipinski definition) is 6. The molecule has 0 unspecified atom stereocenters. The van der Waals surface area contributed by atoms with Crippen molar-refractivity contribution in [2.45, 2.75) is 19.3 Å². The van der Waals surface area contributed by atoms with Gasteiger partial charge in [-0.15, -0.1) is 0 Å². The predicted octanol–water partition coefficient (Wildman–Crippen LogP) is 1.97. The molecule has 0 aliphatic rings. The smallest absolute Gasteiger partial charge is 0.245 e. The fourth-order valence-electron chi connectivity index (χ4n) is 1.98. The van der Waals surface area contributed by atoms with Gasteiger partial charge in [-0.1, -0.05) is 30.3 Å².